The van der Waals surface area contributed by atoms with Crippen molar-refractivity contribution in [2.75, 3.05) is 37.7 Å². The molecular weight excluding hydrogens is 292 g/mol. The molecule has 2 N–H and O–H groups in total. The molecule has 1 fully saturated rings. The number of rotatable bonds is 5. The lowest BCUT2D eigenvalue weighted by molar-refractivity contribution is 0.0696. The molecular formula is C14H18N2O4S. The molecule has 1 aromatic rings. The van der Waals surface area contributed by atoms with Gasteiger partial charge in [-0.2, -0.15) is 11.8 Å². The lowest BCUT2D eigenvalue weighted by Crippen LogP contribution is -2.45. The monoisotopic (exact) mass is 310 g/mol. The van der Waals surface area contributed by atoms with Crippen LogP contribution in [0.2, 0.25) is 0 Å². The highest BCUT2D eigenvalue weighted by molar-refractivity contribution is 7.99. The van der Waals surface area contributed by atoms with E-state index in [1.807, 2.05) is 11.8 Å². The second kappa shape index (κ2) is 7.78. The summed E-state index contributed by atoms with van der Waals surface area (Å²) in [6.45, 7) is 2.24. The number of carbonyl (C=O) groups is 2. The summed E-state index contributed by atoms with van der Waals surface area (Å²) in [5, 5.41) is 11.7. The van der Waals surface area contributed by atoms with Crippen LogP contribution in [0.3, 0.4) is 0 Å². The molecule has 0 spiro atoms. The summed E-state index contributed by atoms with van der Waals surface area (Å²) in [6, 6.07) is 6.22. The van der Waals surface area contributed by atoms with E-state index in [-0.39, 0.29) is 11.6 Å². The lowest BCUT2D eigenvalue weighted by Gasteiger charge is -2.26. The van der Waals surface area contributed by atoms with Crippen LogP contribution in [0.4, 0.5) is 4.79 Å². The molecule has 0 saturated carbocycles. The first-order valence-electron chi connectivity index (χ1n) is 6.73. The molecule has 2 amide bonds. The van der Waals surface area contributed by atoms with Gasteiger partial charge >= 0.3 is 12.0 Å². The zero-order valence-electron chi connectivity index (χ0n) is 11.6. The second-order valence-electron chi connectivity index (χ2n) is 4.51. The first kappa shape index (κ1) is 15.5. The van der Waals surface area contributed by atoms with Crippen molar-refractivity contribution in [3.63, 3.8) is 0 Å². The van der Waals surface area contributed by atoms with Gasteiger partial charge in [-0.05, 0) is 18.2 Å². The van der Waals surface area contributed by atoms with Gasteiger partial charge in [0.05, 0.1) is 12.1 Å². The molecule has 1 heterocycles. The zero-order chi connectivity index (χ0) is 15.1. The Hall–Kier alpha value is -1.89. The summed E-state index contributed by atoms with van der Waals surface area (Å²) in [7, 11) is 0. The van der Waals surface area contributed by atoms with E-state index in [1.165, 1.54) is 12.1 Å². The summed E-state index contributed by atoms with van der Waals surface area (Å²) < 4.78 is 5.43. The number of ether oxygens (including phenoxy) is 1. The molecule has 21 heavy (non-hydrogen) atoms. The van der Waals surface area contributed by atoms with Crippen molar-refractivity contribution in [3.05, 3.63) is 29.8 Å². The topological polar surface area (TPSA) is 78.9 Å². The predicted octanol–water partition coefficient (Wildman–Crippen LogP) is 1.52. The van der Waals surface area contributed by atoms with Crippen LogP contribution in [0.1, 0.15) is 10.4 Å². The molecule has 0 unspecified atom stereocenters. The Bertz CT molecular complexity index is 504. The molecule has 0 bridgehead atoms. The maximum atomic E-state index is 11.8. The van der Waals surface area contributed by atoms with Crippen molar-refractivity contribution in [2.24, 2.45) is 0 Å². The maximum Gasteiger partial charge on any atom is 0.335 e. The van der Waals surface area contributed by atoms with E-state index >= 15 is 0 Å². The SMILES string of the molecule is O=C(O)c1cccc(OCCNC(=O)N2CCSCC2)c1. The van der Waals surface area contributed by atoms with Gasteiger partial charge in [0.1, 0.15) is 12.4 Å². The Morgan fingerprint density at radius 3 is 2.81 bits per heavy atom. The molecule has 2 rings (SSSR count). The molecule has 1 aromatic carbocycles. The van der Waals surface area contributed by atoms with Gasteiger partial charge in [-0.1, -0.05) is 6.07 Å². The van der Waals surface area contributed by atoms with Gasteiger partial charge in [0, 0.05) is 24.6 Å². The van der Waals surface area contributed by atoms with Crippen molar-refractivity contribution in [2.45, 2.75) is 0 Å². The first-order chi connectivity index (χ1) is 10.2. The lowest BCUT2D eigenvalue weighted by atomic mass is 10.2. The maximum absolute atomic E-state index is 11.8. The zero-order valence-corrected chi connectivity index (χ0v) is 12.4. The number of aromatic carboxylic acids is 1. The van der Waals surface area contributed by atoms with Crippen LogP contribution in [0.25, 0.3) is 0 Å². The normalized spacial score (nSPS) is 14.6. The van der Waals surface area contributed by atoms with Crippen molar-refractivity contribution in [1.29, 1.82) is 0 Å². The van der Waals surface area contributed by atoms with E-state index in [0.29, 0.717) is 18.9 Å². The number of urea groups is 1. The van der Waals surface area contributed by atoms with Crippen LogP contribution in [0.5, 0.6) is 5.75 Å². The number of hydrogen-bond donors (Lipinski definition) is 2. The van der Waals surface area contributed by atoms with Crippen LogP contribution >= 0.6 is 11.8 Å². The average molecular weight is 310 g/mol. The van der Waals surface area contributed by atoms with E-state index in [9.17, 15) is 9.59 Å². The van der Waals surface area contributed by atoms with Crippen molar-refractivity contribution < 1.29 is 19.4 Å². The van der Waals surface area contributed by atoms with E-state index in [0.717, 1.165) is 24.6 Å². The van der Waals surface area contributed by atoms with Crippen molar-refractivity contribution in [3.8, 4) is 5.75 Å². The average Bonchev–Trinajstić information content (AvgIpc) is 2.52. The summed E-state index contributed by atoms with van der Waals surface area (Å²) in [5.41, 5.74) is 0.183. The third-order valence-corrected chi connectivity index (χ3v) is 3.97. The minimum atomic E-state index is -0.989. The molecule has 7 heteroatoms. The van der Waals surface area contributed by atoms with Crippen LogP contribution in [0.15, 0.2) is 24.3 Å². The van der Waals surface area contributed by atoms with E-state index < -0.39 is 5.97 Å². The summed E-state index contributed by atoms with van der Waals surface area (Å²) in [5.74, 6) is 1.45. The standard InChI is InChI=1S/C14H18N2O4S/c17-13(18)11-2-1-3-12(10-11)20-7-4-15-14(19)16-5-8-21-9-6-16/h1-3,10H,4-9H2,(H,15,19)(H,17,18). The van der Waals surface area contributed by atoms with Crippen LogP contribution in [0, 0.1) is 0 Å². The third-order valence-electron chi connectivity index (χ3n) is 3.03. The molecule has 114 valence electrons. The number of thioether (sulfide) groups is 1. The van der Waals surface area contributed by atoms with Gasteiger partial charge in [-0.3, -0.25) is 0 Å². The number of nitrogens with zero attached hydrogens (tertiary/aromatic N) is 1. The van der Waals surface area contributed by atoms with Crippen molar-refractivity contribution >= 4 is 23.8 Å². The van der Waals surface area contributed by atoms with E-state index in [4.69, 9.17) is 9.84 Å². The highest BCUT2D eigenvalue weighted by Crippen LogP contribution is 2.13. The highest BCUT2D eigenvalue weighted by Gasteiger charge is 2.15. The van der Waals surface area contributed by atoms with Gasteiger partial charge in [-0.15, -0.1) is 0 Å². The minimum absolute atomic E-state index is 0.0711. The minimum Gasteiger partial charge on any atom is -0.492 e. The molecule has 1 saturated heterocycles. The number of hydrogen-bond acceptors (Lipinski definition) is 4. The number of amides is 2. The predicted molar refractivity (Wildman–Crippen MR) is 81.2 cm³/mol. The Balaban J connectivity index is 1.70. The Morgan fingerprint density at radius 1 is 1.33 bits per heavy atom. The third kappa shape index (κ3) is 4.86. The van der Waals surface area contributed by atoms with Crippen molar-refractivity contribution in [1.82, 2.24) is 10.2 Å². The van der Waals surface area contributed by atoms with Gasteiger partial charge in [0.25, 0.3) is 0 Å². The van der Waals surface area contributed by atoms with Crippen LogP contribution in [-0.2, 0) is 0 Å². The Kier molecular flexibility index (Phi) is 5.74. The van der Waals surface area contributed by atoms with Crippen LogP contribution < -0.4 is 10.1 Å². The van der Waals surface area contributed by atoms with Gasteiger partial charge < -0.3 is 20.1 Å². The molecule has 6 nitrogen and oxygen atoms in total. The number of carbonyl (C=O) groups excluding carboxylic acids is 1. The quantitative estimate of drug-likeness (QED) is 0.806. The fourth-order valence-electron chi connectivity index (χ4n) is 1.92. The Morgan fingerprint density at radius 2 is 2.10 bits per heavy atom. The molecule has 0 aliphatic carbocycles. The number of nitrogens with one attached hydrogen (secondary N) is 1. The second-order valence-corrected chi connectivity index (χ2v) is 5.74. The molecule has 1 aliphatic heterocycles. The smallest absolute Gasteiger partial charge is 0.335 e. The largest absolute Gasteiger partial charge is 0.492 e. The number of benzene rings is 1. The summed E-state index contributed by atoms with van der Waals surface area (Å²) in [6.07, 6.45) is 0. The Labute approximate surface area is 127 Å². The van der Waals surface area contributed by atoms with E-state index in [1.54, 1.807) is 17.0 Å². The summed E-state index contributed by atoms with van der Waals surface area (Å²) in [4.78, 5) is 24.4. The number of carboxylic acids is 1. The van der Waals surface area contributed by atoms with Crippen LogP contribution in [-0.4, -0.2) is 59.8 Å². The molecule has 0 aromatic heterocycles. The number of carboxylic acid groups (broad SMARTS) is 1. The molecule has 0 radical (unpaired) electrons. The highest BCUT2D eigenvalue weighted by atomic mass is 32.2. The first-order valence-corrected chi connectivity index (χ1v) is 7.89. The van der Waals surface area contributed by atoms with Gasteiger partial charge in [-0.25, -0.2) is 9.59 Å². The summed E-state index contributed by atoms with van der Waals surface area (Å²) >= 11 is 1.85. The van der Waals surface area contributed by atoms with E-state index in [2.05, 4.69) is 5.32 Å². The van der Waals surface area contributed by atoms with Gasteiger partial charge in [0.2, 0.25) is 0 Å². The molecule has 1 aliphatic rings. The fourth-order valence-corrected chi connectivity index (χ4v) is 2.83. The van der Waals surface area contributed by atoms with Gasteiger partial charge in [0.15, 0.2) is 0 Å². The fraction of sp³-hybridized carbons (Fsp3) is 0.429. The molecule has 0 atom stereocenters.